The first-order chi connectivity index (χ1) is 18.0. The molecule has 0 radical (unpaired) electrons. The van der Waals surface area contributed by atoms with E-state index < -0.39 is 15.5 Å². The smallest absolute Gasteiger partial charge is 0.324 e. The number of hydrogen-bond acceptors (Lipinski definition) is 8. The fourth-order valence-electron chi connectivity index (χ4n) is 4.61. The highest BCUT2D eigenvalue weighted by Gasteiger charge is 2.25. The molecule has 0 aliphatic heterocycles. The molecule has 1 atom stereocenters. The van der Waals surface area contributed by atoms with Gasteiger partial charge in [-0.2, -0.15) is 4.98 Å². The number of nitrogens with one attached hydrogen (secondary N) is 3. The number of anilines is 2. The topological polar surface area (TPSA) is 137 Å². The summed E-state index contributed by atoms with van der Waals surface area (Å²) in [6.07, 6.45) is 4.38. The molecular formula is C25H25Cl2N7O3S. The summed E-state index contributed by atoms with van der Waals surface area (Å²) in [5.41, 5.74) is 2.84. The molecule has 2 aromatic heterocycles. The molecular weight excluding hydrogens is 549 g/mol. The largest absolute Gasteiger partial charge is 0.333 e. The van der Waals surface area contributed by atoms with Crippen LogP contribution in [0, 0.1) is 5.41 Å². The predicted octanol–water partition coefficient (Wildman–Crippen LogP) is 3.08. The number of hydrogen-bond donors (Lipinski definition) is 3. The Balaban J connectivity index is 1.38. The van der Waals surface area contributed by atoms with Crippen molar-refractivity contribution in [1.29, 1.82) is 5.41 Å². The van der Waals surface area contributed by atoms with E-state index in [9.17, 15) is 13.2 Å². The first kappa shape index (κ1) is 26.4. The number of nitrogens with zero attached hydrogens (tertiary/aromatic N) is 4. The van der Waals surface area contributed by atoms with Crippen molar-refractivity contribution in [3.8, 4) is 5.69 Å². The van der Waals surface area contributed by atoms with Crippen molar-refractivity contribution in [3.05, 3.63) is 79.7 Å². The Morgan fingerprint density at radius 2 is 1.89 bits per heavy atom. The molecule has 3 N–H and O–H groups in total. The van der Waals surface area contributed by atoms with Crippen LogP contribution in [0.15, 0.2) is 47.4 Å². The lowest BCUT2D eigenvalue weighted by molar-refractivity contribution is 0.263. The summed E-state index contributed by atoms with van der Waals surface area (Å²) < 4.78 is 24.1. The number of rotatable bonds is 7. The summed E-state index contributed by atoms with van der Waals surface area (Å²) in [5, 5.41) is 12.6. The molecule has 0 saturated carbocycles. The molecule has 0 fully saturated rings. The Bertz CT molecular complexity index is 1770. The Labute approximate surface area is 228 Å². The number of aromatic amines is 1. The van der Waals surface area contributed by atoms with Gasteiger partial charge >= 0.3 is 5.69 Å². The number of fused-ring (bicyclic) bond motifs is 2. The van der Waals surface area contributed by atoms with Gasteiger partial charge in [-0.3, -0.25) is 10.4 Å². The molecule has 198 valence electrons. The molecule has 2 heterocycles. The average molecular weight is 574 g/mol. The Morgan fingerprint density at radius 3 is 2.61 bits per heavy atom. The molecule has 0 saturated heterocycles. The summed E-state index contributed by atoms with van der Waals surface area (Å²) in [5.74, 6) is 0.400. The zero-order valence-electron chi connectivity index (χ0n) is 20.6. The predicted molar refractivity (Wildman–Crippen MR) is 149 cm³/mol. The van der Waals surface area contributed by atoms with E-state index >= 15 is 0 Å². The van der Waals surface area contributed by atoms with Crippen LogP contribution in [0.25, 0.3) is 16.7 Å². The first-order valence-corrected chi connectivity index (χ1v) is 14.6. The van der Waals surface area contributed by atoms with Crippen LogP contribution in [0.2, 0.25) is 10.0 Å². The lowest BCUT2D eigenvalue weighted by atomic mass is 10.1. The molecule has 13 heteroatoms. The zero-order chi connectivity index (χ0) is 27.2. The van der Waals surface area contributed by atoms with E-state index in [1.54, 1.807) is 18.2 Å². The molecule has 1 unspecified atom stereocenters. The van der Waals surface area contributed by atoms with Crippen LogP contribution >= 0.6 is 23.2 Å². The fourth-order valence-corrected chi connectivity index (χ4v) is 5.80. The van der Waals surface area contributed by atoms with E-state index in [-0.39, 0.29) is 44.6 Å². The second-order valence-electron chi connectivity index (χ2n) is 9.42. The molecule has 5 rings (SSSR count). The SMILES string of the molecule is CN(CCS(C)(=O)=O)C1Cc2ccc(Nc3ncc4c(=N)n(-c5c(Cl)cccc5Cl)c(=O)[nH]c4n3)cc2C1. The van der Waals surface area contributed by atoms with E-state index in [0.29, 0.717) is 11.9 Å². The monoisotopic (exact) mass is 573 g/mol. The molecule has 2 aromatic carbocycles. The van der Waals surface area contributed by atoms with E-state index in [2.05, 4.69) is 25.2 Å². The Hall–Kier alpha value is -3.25. The maximum atomic E-state index is 12.9. The van der Waals surface area contributed by atoms with Gasteiger partial charge in [-0.05, 0) is 55.3 Å². The van der Waals surface area contributed by atoms with Crippen molar-refractivity contribution >= 4 is 55.7 Å². The van der Waals surface area contributed by atoms with E-state index in [4.69, 9.17) is 28.6 Å². The van der Waals surface area contributed by atoms with Gasteiger partial charge < -0.3 is 10.2 Å². The van der Waals surface area contributed by atoms with Crippen LogP contribution in [0.1, 0.15) is 11.1 Å². The Kier molecular flexibility index (Phi) is 7.03. The van der Waals surface area contributed by atoms with Crippen molar-refractivity contribution in [2.75, 3.05) is 30.9 Å². The second kappa shape index (κ2) is 10.1. The highest BCUT2D eigenvalue weighted by Crippen LogP contribution is 2.29. The van der Waals surface area contributed by atoms with Crippen molar-refractivity contribution < 1.29 is 8.42 Å². The van der Waals surface area contributed by atoms with E-state index in [0.717, 1.165) is 23.1 Å². The Morgan fingerprint density at radius 1 is 1.18 bits per heavy atom. The highest BCUT2D eigenvalue weighted by molar-refractivity contribution is 7.90. The van der Waals surface area contributed by atoms with Crippen LogP contribution in [0.3, 0.4) is 0 Å². The molecule has 0 bridgehead atoms. The number of halogens is 2. The zero-order valence-corrected chi connectivity index (χ0v) is 23.0. The van der Waals surface area contributed by atoms with Gasteiger partial charge in [0.25, 0.3) is 0 Å². The normalized spacial score (nSPS) is 15.2. The van der Waals surface area contributed by atoms with Crippen molar-refractivity contribution in [2.45, 2.75) is 18.9 Å². The maximum Gasteiger partial charge on any atom is 0.333 e. The van der Waals surface area contributed by atoms with Crippen LogP contribution < -0.4 is 16.5 Å². The minimum Gasteiger partial charge on any atom is -0.324 e. The van der Waals surface area contributed by atoms with Crippen LogP contribution in [-0.4, -0.2) is 64.5 Å². The highest BCUT2D eigenvalue weighted by atomic mass is 35.5. The van der Waals surface area contributed by atoms with E-state index in [1.807, 2.05) is 25.2 Å². The summed E-state index contributed by atoms with van der Waals surface area (Å²) in [7, 11) is -1.06. The van der Waals surface area contributed by atoms with Crippen LogP contribution in [0.4, 0.5) is 11.6 Å². The summed E-state index contributed by atoms with van der Waals surface area (Å²) in [6.45, 7) is 0.492. The van der Waals surface area contributed by atoms with Gasteiger partial charge in [-0.1, -0.05) is 35.3 Å². The van der Waals surface area contributed by atoms with Crippen LogP contribution in [0.5, 0.6) is 0 Å². The molecule has 0 amide bonds. The number of H-pyrrole nitrogens is 1. The average Bonchev–Trinajstić information content (AvgIpc) is 3.27. The third-order valence-electron chi connectivity index (χ3n) is 6.67. The number of benzene rings is 2. The second-order valence-corrected chi connectivity index (χ2v) is 12.5. The summed E-state index contributed by atoms with van der Waals surface area (Å²) >= 11 is 12.5. The number of para-hydroxylation sites is 1. The number of sulfone groups is 1. The number of aromatic nitrogens is 4. The summed E-state index contributed by atoms with van der Waals surface area (Å²) in [6, 6.07) is 11.1. The molecule has 4 aromatic rings. The van der Waals surface area contributed by atoms with Crippen molar-refractivity contribution in [1.82, 2.24) is 24.4 Å². The fraction of sp³-hybridized carbons (Fsp3) is 0.280. The molecule has 10 nitrogen and oxygen atoms in total. The maximum absolute atomic E-state index is 12.9. The molecule has 38 heavy (non-hydrogen) atoms. The lowest BCUT2D eigenvalue weighted by Gasteiger charge is -2.23. The summed E-state index contributed by atoms with van der Waals surface area (Å²) in [4.78, 5) is 26.4. The van der Waals surface area contributed by atoms with Gasteiger partial charge in [0.2, 0.25) is 5.95 Å². The van der Waals surface area contributed by atoms with Crippen molar-refractivity contribution in [3.63, 3.8) is 0 Å². The third kappa shape index (κ3) is 5.32. The van der Waals surface area contributed by atoms with Gasteiger partial charge in [-0.25, -0.2) is 22.8 Å². The van der Waals surface area contributed by atoms with Crippen molar-refractivity contribution in [2.24, 2.45) is 0 Å². The van der Waals surface area contributed by atoms with E-state index in [1.165, 1.54) is 23.6 Å². The lowest BCUT2D eigenvalue weighted by Crippen LogP contribution is -2.35. The number of likely N-dealkylation sites (N-methyl/N-ethyl adjacent to an activating group) is 1. The minimum absolute atomic E-state index is 0.135. The van der Waals surface area contributed by atoms with Gasteiger partial charge in [0.05, 0.1) is 26.9 Å². The van der Waals surface area contributed by atoms with Gasteiger partial charge in [0.1, 0.15) is 15.3 Å². The van der Waals surface area contributed by atoms with Gasteiger partial charge in [0, 0.05) is 30.7 Å². The quantitative estimate of drug-likeness (QED) is 0.309. The van der Waals surface area contributed by atoms with Gasteiger partial charge in [0.15, 0.2) is 5.65 Å². The van der Waals surface area contributed by atoms with Gasteiger partial charge in [-0.15, -0.1) is 0 Å². The third-order valence-corrected chi connectivity index (χ3v) is 8.20. The molecule has 0 spiro atoms. The van der Waals surface area contributed by atoms with Crippen LogP contribution in [-0.2, 0) is 22.7 Å². The molecule has 1 aliphatic rings. The minimum atomic E-state index is -3.01. The first-order valence-electron chi connectivity index (χ1n) is 11.8. The molecule has 1 aliphatic carbocycles. The standard InChI is InChI=1S/C25H25Cl2N7O3S/c1-33(8-9-38(2,36)37)17-11-14-6-7-16(10-15(14)12-17)30-24-29-13-18-22(28)34(25(35)32-23(18)31-24)21-19(26)4-3-5-20(21)27/h3-7,10,13,17,28H,8-9,11-12H2,1-2H3,(H2,29,30,31,32,35).